The van der Waals surface area contributed by atoms with Gasteiger partial charge in [-0.05, 0) is 45.6 Å². The number of carbonyl (C=O) groups is 1. The first-order chi connectivity index (χ1) is 9.47. The van der Waals surface area contributed by atoms with E-state index in [4.69, 9.17) is 5.73 Å². The summed E-state index contributed by atoms with van der Waals surface area (Å²) < 4.78 is 0. The van der Waals surface area contributed by atoms with Gasteiger partial charge in [-0.3, -0.25) is 4.79 Å². The predicted octanol–water partition coefficient (Wildman–Crippen LogP) is 1.84. The molecule has 20 heavy (non-hydrogen) atoms. The summed E-state index contributed by atoms with van der Waals surface area (Å²) in [4.78, 5) is 16.8. The Labute approximate surface area is 123 Å². The van der Waals surface area contributed by atoms with E-state index in [0.29, 0.717) is 0 Å². The van der Waals surface area contributed by atoms with E-state index in [9.17, 15) is 4.79 Å². The van der Waals surface area contributed by atoms with Crippen molar-refractivity contribution >= 4 is 5.91 Å². The van der Waals surface area contributed by atoms with Gasteiger partial charge >= 0.3 is 0 Å². The van der Waals surface area contributed by atoms with Crippen LogP contribution in [0, 0.1) is 5.92 Å². The molecule has 2 fully saturated rings. The van der Waals surface area contributed by atoms with Gasteiger partial charge < -0.3 is 15.5 Å². The summed E-state index contributed by atoms with van der Waals surface area (Å²) in [5.41, 5.74) is 5.20. The first kappa shape index (κ1) is 15.8. The van der Waals surface area contributed by atoms with Crippen molar-refractivity contribution in [3.05, 3.63) is 0 Å². The maximum atomic E-state index is 12.3. The van der Waals surface area contributed by atoms with E-state index >= 15 is 0 Å². The molecule has 0 spiro atoms. The summed E-state index contributed by atoms with van der Waals surface area (Å²) in [6.07, 6.45) is 8.11. The first-order valence-corrected chi connectivity index (χ1v) is 8.27. The summed E-state index contributed by atoms with van der Waals surface area (Å²) in [6, 6.07) is 0. The number of nitrogens with zero attached hydrogens (tertiary/aromatic N) is 2. The van der Waals surface area contributed by atoms with Crippen LogP contribution < -0.4 is 5.73 Å². The van der Waals surface area contributed by atoms with Crippen LogP contribution in [-0.2, 0) is 4.79 Å². The Bertz CT molecular complexity index is 318. The fraction of sp³-hybridized carbons (Fsp3) is 0.938. The van der Waals surface area contributed by atoms with E-state index in [1.807, 2.05) is 4.90 Å². The molecule has 0 aromatic heterocycles. The SMILES string of the molecule is CC(C)(N)C(=O)N1CCCN(CC2CCCCC2)CC1. The molecule has 0 radical (unpaired) electrons. The Morgan fingerprint density at radius 3 is 2.40 bits per heavy atom. The third kappa shape index (κ3) is 4.45. The van der Waals surface area contributed by atoms with Crippen molar-refractivity contribution in [1.82, 2.24) is 9.80 Å². The molecule has 0 aromatic rings. The lowest BCUT2D eigenvalue weighted by atomic mass is 9.89. The van der Waals surface area contributed by atoms with Crippen LogP contribution >= 0.6 is 0 Å². The van der Waals surface area contributed by atoms with Crippen molar-refractivity contribution in [3.63, 3.8) is 0 Å². The normalized spacial score (nSPS) is 23.6. The van der Waals surface area contributed by atoms with E-state index in [0.717, 1.165) is 38.5 Å². The van der Waals surface area contributed by atoms with Crippen LogP contribution in [0.1, 0.15) is 52.4 Å². The molecule has 1 aliphatic heterocycles. The predicted molar refractivity (Wildman–Crippen MR) is 82.5 cm³/mol. The molecule has 0 aromatic carbocycles. The Hall–Kier alpha value is -0.610. The molecule has 1 heterocycles. The van der Waals surface area contributed by atoms with Crippen molar-refractivity contribution in [2.45, 2.75) is 57.9 Å². The van der Waals surface area contributed by atoms with Crippen LogP contribution in [0.3, 0.4) is 0 Å². The van der Waals surface area contributed by atoms with Crippen LogP contribution in [0.25, 0.3) is 0 Å². The average Bonchev–Trinajstić information content (AvgIpc) is 2.63. The summed E-state index contributed by atoms with van der Waals surface area (Å²) in [6.45, 7) is 8.69. The number of nitrogens with two attached hydrogens (primary N) is 1. The quantitative estimate of drug-likeness (QED) is 0.859. The van der Waals surface area contributed by atoms with Gasteiger partial charge in [-0.25, -0.2) is 0 Å². The maximum Gasteiger partial charge on any atom is 0.242 e. The van der Waals surface area contributed by atoms with Crippen LogP contribution in [0.4, 0.5) is 0 Å². The van der Waals surface area contributed by atoms with Gasteiger partial charge in [0, 0.05) is 26.2 Å². The Kier molecular flexibility index (Phi) is 5.44. The highest BCUT2D eigenvalue weighted by atomic mass is 16.2. The molecule has 0 atom stereocenters. The fourth-order valence-electron chi connectivity index (χ4n) is 3.50. The lowest BCUT2D eigenvalue weighted by Crippen LogP contribution is -2.52. The van der Waals surface area contributed by atoms with E-state index in [-0.39, 0.29) is 5.91 Å². The molecule has 0 bridgehead atoms. The summed E-state index contributed by atoms with van der Waals surface area (Å²) >= 11 is 0. The van der Waals surface area contributed by atoms with Gasteiger partial charge in [0.25, 0.3) is 0 Å². The number of hydrogen-bond acceptors (Lipinski definition) is 3. The third-order valence-corrected chi connectivity index (χ3v) is 4.67. The minimum absolute atomic E-state index is 0.0945. The molecule has 1 amide bonds. The van der Waals surface area contributed by atoms with Crippen LogP contribution in [0.15, 0.2) is 0 Å². The maximum absolute atomic E-state index is 12.3. The molecular formula is C16H31N3O. The van der Waals surface area contributed by atoms with E-state index in [1.54, 1.807) is 13.8 Å². The standard InChI is InChI=1S/C16H31N3O/c1-16(2,17)15(20)19-10-6-9-18(11-12-19)13-14-7-4-3-5-8-14/h14H,3-13,17H2,1-2H3. The van der Waals surface area contributed by atoms with Gasteiger partial charge in [-0.2, -0.15) is 0 Å². The minimum Gasteiger partial charge on any atom is -0.340 e. The van der Waals surface area contributed by atoms with Crippen molar-refractivity contribution in [2.24, 2.45) is 11.7 Å². The molecule has 4 nitrogen and oxygen atoms in total. The molecule has 116 valence electrons. The van der Waals surface area contributed by atoms with Gasteiger partial charge in [0.2, 0.25) is 5.91 Å². The number of hydrogen-bond donors (Lipinski definition) is 1. The molecule has 2 aliphatic rings. The molecule has 4 heteroatoms. The molecule has 1 saturated heterocycles. The molecule has 1 saturated carbocycles. The summed E-state index contributed by atoms with van der Waals surface area (Å²) in [5.74, 6) is 0.981. The second-order valence-electron chi connectivity index (χ2n) is 7.17. The fourth-order valence-corrected chi connectivity index (χ4v) is 3.50. The van der Waals surface area contributed by atoms with Gasteiger partial charge in [0.05, 0.1) is 5.54 Å². The van der Waals surface area contributed by atoms with Crippen molar-refractivity contribution in [2.75, 3.05) is 32.7 Å². The van der Waals surface area contributed by atoms with Gasteiger partial charge in [-0.1, -0.05) is 19.3 Å². The molecule has 0 unspecified atom stereocenters. The van der Waals surface area contributed by atoms with E-state index < -0.39 is 5.54 Å². The van der Waals surface area contributed by atoms with Crippen LogP contribution in [-0.4, -0.2) is 54.0 Å². The van der Waals surface area contributed by atoms with Crippen LogP contribution in [0.2, 0.25) is 0 Å². The summed E-state index contributed by atoms with van der Waals surface area (Å²) in [5, 5.41) is 0. The zero-order chi connectivity index (χ0) is 14.6. The lowest BCUT2D eigenvalue weighted by Gasteiger charge is -2.30. The Morgan fingerprint density at radius 1 is 1.05 bits per heavy atom. The second-order valence-corrected chi connectivity index (χ2v) is 7.17. The number of rotatable bonds is 3. The minimum atomic E-state index is -0.738. The first-order valence-electron chi connectivity index (χ1n) is 8.27. The van der Waals surface area contributed by atoms with Gasteiger partial charge in [0.1, 0.15) is 0 Å². The zero-order valence-corrected chi connectivity index (χ0v) is 13.2. The zero-order valence-electron chi connectivity index (χ0n) is 13.2. The van der Waals surface area contributed by atoms with Gasteiger partial charge in [0.15, 0.2) is 0 Å². The Morgan fingerprint density at radius 2 is 1.75 bits per heavy atom. The van der Waals surface area contributed by atoms with Crippen molar-refractivity contribution < 1.29 is 4.79 Å². The topological polar surface area (TPSA) is 49.6 Å². The molecule has 2 rings (SSSR count). The van der Waals surface area contributed by atoms with Crippen LogP contribution in [0.5, 0.6) is 0 Å². The average molecular weight is 281 g/mol. The molecule has 1 aliphatic carbocycles. The number of amides is 1. The third-order valence-electron chi connectivity index (χ3n) is 4.67. The molecular weight excluding hydrogens is 250 g/mol. The highest BCUT2D eigenvalue weighted by Gasteiger charge is 2.29. The van der Waals surface area contributed by atoms with Gasteiger partial charge in [-0.15, -0.1) is 0 Å². The highest BCUT2D eigenvalue weighted by Crippen LogP contribution is 2.24. The second kappa shape index (κ2) is 6.90. The number of carbonyl (C=O) groups excluding carboxylic acids is 1. The van der Waals surface area contributed by atoms with E-state index in [1.165, 1.54) is 38.6 Å². The van der Waals surface area contributed by atoms with E-state index in [2.05, 4.69) is 4.90 Å². The highest BCUT2D eigenvalue weighted by molar-refractivity contribution is 5.85. The largest absolute Gasteiger partial charge is 0.340 e. The monoisotopic (exact) mass is 281 g/mol. The summed E-state index contributed by atoms with van der Waals surface area (Å²) in [7, 11) is 0. The van der Waals surface area contributed by atoms with Crippen molar-refractivity contribution in [3.8, 4) is 0 Å². The lowest BCUT2D eigenvalue weighted by molar-refractivity contribution is -0.135. The molecule has 2 N–H and O–H groups in total. The van der Waals surface area contributed by atoms with Crippen molar-refractivity contribution in [1.29, 1.82) is 0 Å². The smallest absolute Gasteiger partial charge is 0.242 e. The Balaban J connectivity index is 1.81.